The van der Waals surface area contributed by atoms with Gasteiger partial charge in [0, 0.05) is 18.0 Å². The molecule has 0 unspecified atom stereocenters. The first-order chi connectivity index (χ1) is 9.47. The van der Waals surface area contributed by atoms with Crippen LogP contribution >= 0.6 is 11.6 Å². The van der Waals surface area contributed by atoms with Gasteiger partial charge in [-0.15, -0.1) is 0 Å². The monoisotopic (exact) mass is 295 g/mol. The Balaban J connectivity index is 2.01. The van der Waals surface area contributed by atoms with Crippen LogP contribution in [0, 0.1) is 18.8 Å². The van der Waals surface area contributed by atoms with Crippen molar-refractivity contribution in [3.63, 3.8) is 0 Å². The summed E-state index contributed by atoms with van der Waals surface area (Å²) in [6.07, 6.45) is 5.35. The van der Waals surface area contributed by atoms with Crippen LogP contribution in [0.1, 0.15) is 63.8 Å². The van der Waals surface area contributed by atoms with Crippen LogP contribution in [-0.4, -0.2) is 16.5 Å². The molecule has 0 radical (unpaired) electrons. The van der Waals surface area contributed by atoms with Crippen molar-refractivity contribution < 1.29 is 0 Å². The van der Waals surface area contributed by atoms with Crippen LogP contribution in [0.25, 0.3) is 0 Å². The number of hydrogen-bond donors (Lipinski definition) is 1. The summed E-state index contributed by atoms with van der Waals surface area (Å²) < 4.78 is 0. The first-order valence-corrected chi connectivity index (χ1v) is 8.13. The number of anilines is 1. The lowest BCUT2D eigenvalue weighted by Gasteiger charge is -2.26. The first kappa shape index (κ1) is 15.6. The van der Waals surface area contributed by atoms with Crippen LogP contribution < -0.4 is 5.32 Å². The van der Waals surface area contributed by atoms with Gasteiger partial charge in [0.05, 0.1) is 0 Å². The van der Waals surface area contributed by atoms with Crippen molar-refractivity contribution in [1.29, 1.82) is 0 Å². The molecule has 2 rings (SSSR count). The molecular formula is C16H26ClN3. The standard InChI is InChI=1S/C16H26ClN3/c1-10(2)15-19-14(17)12(4)16(20-15)18-9-13-7-5-11(3)6-8-13/h10-11,13H,5-9H2,1-4H3,(H,18,19,20). The van der Waals surface area contributed by atoms with Gasteiger partial charge in [0.15, 0.2) is 0 Å². The minimum Gasteiger partial charge on any atom is -0.369 e. The molecular weight excluding hydrogens is 270 g/mol. The van der Waals surface area contributed by atoms with E-state index in [1.165, 1.54) is 25.7 Å². The number of hydrogen-bond acceptors (Lipinski definition) is 3. The first-order valence-electron chi connectivity index (χ1n) is 7.75. The van der Waals surface area contributed by atoms with E-state index in [0.717, 1.165) is 35.6 Å². The fourth-order valence-corrected chi connectivity index (χ4v) is 2.89. The third-order valence-corrected chi connectivity index (χ3v) is 4.68. The zero-order valence-electron chi connectivity index (χ0n) is 13.0. The summed E-state index contributed by atoms with van der Waals surface area (Å²) in [4.78, 5) is 8.98. The van der Waals surface area contributed by atoms with E-state index in [2.05, 4.69) is 36.1 Å². The van der Waals surface area contributed by atoms with Gasteiger partial charge in [0.1, 0.15) is 16.8 Å². The molecule has 4 heteroatoms. The summed E-state index contributed by atoms with van der Waals surface area (Å²) in [6, 6.07) is 0. The Kier molecular flexibility index (Phi) is 5.25. The normalized spacial score (nSPS) is 23.1. The van der Waals surface area contributed by atoms with Crippen molar-refractivity contribution in [2.45, 2.75) is 59.3 Å². The van der Waals surface area contributed by atoms with E-state index in [0.29, 0.717) is 11.1 Å². The maximum atomic E-state index is 6.21. The van der Waals surface area contributed by atoms with Crippen molar-refractivity contribution in [2.75, 3.05) is 11.9 Å². The van der Waals surface area contributed by atoms with E-state index in [9.17, 15) is 0 Å². The molecule has 0 aliphatic heterocycles. The van der Waals surface area contributed by atoms with Gasteiger partial charge < -0.3 is 5.32 Å². The fraction of sp³-hybridized carbons (Fsp3) is 0.750. The summed E-state index contributed by atoms with van der Waals surface area (Å²) in [5, 5.41) is 4.07. The smallest absolute Gasteiger partial charge is 0.137 e. The highest BCUT2D eigenvalue weighted by Crippen LogP contribution is 2.29. The molecule has 1 aliphatic rings. The highest BCUT2D eigenvalue weighted by Gasteiger charge is 2.19. The largest absolute Gasteiger partial charge is 0.369 e. The van der Waals surface area contributed by atoms with E-state index in [1.54, 1.807) is 0 Å². The molecule has 0 aromatic carbocycles. The minimum absolute atomic E-state index is 0.296. The Morgan fingerprint density at radius 2 is 1.85 bits per heavy atom. The molecule has 3 nitrogen and oxygen atoms in total. The van der Waals surface area contributed by atoms with Crippen LogP contribution in [0.3, 0.4) is 0 Å². The fourth-order valence-electron chi connectivity index (χ4n) is 2.71. The van der Waals surface area contributed by atoms with E-state index in [4.69, 9.17) is 11.6 Å². The summed E-state index contributed by atoms with van der Waals surface area (Å²) in [6.45, 7) is 9.52. The van der Waals surface area contributed by atoms with Gasteiger partial charge in [-0.3, -0.25) is 0 Å². The van der Waals surface area contributed by atoms with Gasteiger partial charge in [-0.2, -0.15) is 0 Å². The topological polar surface area (TPSA) is 37.8 Å². The van der Waals surface area contributed by atoms with Gasteiger partial charge in [-0.1, -0.05) is 45.2 Å². The predicted octanol–water partition coefficient (Wildman–Crippen LogP) is 4.80. The second-order valence-electron chi connectivity index (χ2n) is 6.51. The van der Waals surface area contributed by atoms with E-state index < -0.39 is 0 Å². The lowest BCUT2D eigenvalue weighted by Crippen LogP contribution is -2.21. The molecule has 1 heterocycles. The maximum Gasteiger partial charge on any atom is 0.137 e. The van der Waals surface area contributed by atoms with Gasteiger partial charge >= 0.3 is 0 Å². The highest BCUT2D eigenvalue weighted by atomic mass is 35.5. The molecule has 1 aliphatic carbocycles. The number of aromatic nitrogens is 2. The van der Waals surface area contributed by atoms with Gasteiger partial charge in [-0.05, 0) is 31.6 Å². The molecule has 0 bridgehead atoms. The van der Waals surface area contributed by atoms with E-state index >= 15 is 0 Å². The highest BCUT2D eigenvalue weighted by molar-refractivity contribution is 6.30. The number of halogens is 1. The molecule has 0 spiro atoms. The number of nitrogens with one attached hydrogen (secondary N) is 1. The number of nitrogens with zero attached hydrogens (tertiary/aromatic N) is 2. The third-order valence-electron chi connectivity index (χ3n) is 4.31. The molecule has 0 amide bonds. The average molecular weight is 296 g/mol. The van der Waals surface area contributed by atoms with E-state index in [-0.39, 0.29) is 0 Å². The molecule has 1 aromatic rings. The summed E-state index contributed by atoms with van der Waals surface area (Å²) >= 11 is 6.21. The SMILES string of the molecule is Cc1c(Cl)nc(C(C)C)nc1NCC1CCC(C)CC1. The van der Waals surface area contributed by atoms with Crippen LogP contribution in [0.4, 0.5) is 5.82 Å². The van der Waals surface area contributed by atoms with Crippen LogP contribution in [-0.2, 0) is 0 Å². The van der Waals surface area contributed by atoms with E-state index in [1.807, 2.05) is 6.92 Å². The van der Waals surface area contributed by atoms with Crippen LogP contribution in [0.15, 0.2) is 0 Å². The van der Waals surface area contributed by atoms with Crippen LogP contribution in [0.5, 0.6) is 0 Å². The lowest BCUT2D eigenvalue weighted by atomic mass is 9.83. The Morgan fingerprint density at radius 3 is 2.45 bits per heavy atom. The molecule has 1 aromatic heterocycles. The Labute approximate surface area is 127 Å². The molecule has 1 N–H and O–H groups in total. The van der Waals surface area contributed by atoms with Crippen molar-refractivity contribution >= 4 is 17.4 Å². The molecule has 112 valence electrons. The minimum atomic E-state index is 0.296. The summed E-state index contributed by atoms with van der Waals surface area (Å²) in [7, 11) is 0. The second-order valence-corrected chi connectivity index (χ2v) is 6.87. The van der Waals surface area contributed by atoms with Gasteiger partial charge in [0.25, 0.3) is 0 Å². The lowest BCUT2D eigenvalue weighted by molar-refractivity contribution is 0.300. The van der Waals surface area contributed by atoms with Crippen molar-refractivity contribution in [3.8, 4) is 0 Å². The predicted molar refractivity (Wildman–Crippen MR) is 85.5 cm³/mol. The second kappa shape index (κ2) is 6.75. The molecule has 1 fully saturated rings. The Hall–Kier alpha value is -0.830. The Morgan fingerprint density at radius 1 is 1.20 bits per heavy atom. The number of rotatable bonds is 4. The maximum absolute atomic E-state index is 6.21. The summed E-state index contributed by atoms with van der Waals surface area (Å²) in [5.41, 5.74) is 0.959. The zero-order valence-corrected chi connectivity index (χ0v) is 13.8. The quantitative estimate of drug-likeness (QED) is 0.811. The molecule has 0 atom stereocenters. The third kappa shape index (κ3) is 3.85. The van der Waals surface area contributed by atoms with Crippen molar-refractivity contribution in [1.82, 2.24) is 9.97 Å². The van der Waals surface area contributed by atoms with Gasteiger partial charge in [0.2, 0.25) is 0 Å². The van der Waals surface area contributed by atoms with Crippen molar-refractivity contribution in [2.24, 2.45) is 11.8 Å². The Bertz CT molecular complexity index is 451. The van der Waals surface area contributed by atoms with Crippen LogP contribution in [0.2, 0.25) is 5.15 Å². The van der Waals surface area contributed by atoms with Gasteiger partial charge in [-0.25, -0.2) is 9.97 Å². The average Bonchev–Trinajstić information content (AvgIpc) is 2.42. The zero-order chi connectivity index (χ0) is 14.7. The molecule has 0 saturated heterocycles. The van der Waals surface area contributed by atoms with Crippen molar-refractivity contribution in [3.05, 3.63) is 16.5 Å². The summed E-state index contributed by atoms with van der Waals surface area (Å²) in [5.74, 6) is 3.69. The molecule has 20 heavy (non-hydrogen) atoms. The molecule has 1 saturated carbocycles.